The molecule has 0 radical (unpaired) electrons. The SMILES string of the molecule is CCSc1ccccc1C(=O)Nc1cccc(-c2ccc3nncn3n2)c1. The quantitative estimate of drug-likeness (QED) is 0.531. The molecular weight excluding hydrogens is 358 g/mol. The van der Waals surface area contributed by atoms with E-state index in [9.17, 15) is 4.79 Å². The van der Waals surface area contributed by atoms with Gasteiger partial charge in [0.25, 0.3) is 5.91 Å². The van der Waals surface area contributed by atoms with Crippen molar-refractivity contribution >= 4 is 29.0 Å². The zero-order valence-electron chi connectivity index (χ0n) is 14.7. The van der Waals surface area contributed by atoms with E-state index in [4.69, 9.17) is 0 Å². The lowest BCUT2D eigenvalue weighted by molar-refractivity contribution is 0.102. The number of amides is 1. The van der Waals surface area contributed by atoms with E-state index in [1.165, 1.54) is 0 Å². The van der Waals surface area contributed by atoms with E-state index in [1.54, 1.807) is 22.6 Å². The van der Waals surface area contributed by atoms with Crippen LogP contribution in [0.15, 0.2) is 71.9 Å². The Bertz CT molecular complexity index is 1110. The maximum Gasteiger partial charge on any atom is 0.256 e. The normalized spacial score (nSPS) is 10.9. The van der Waals surface area contributed by atoms with Gasteiger partial charge in [0.1, 0.15) is 6.33 Å². The summed E-state index contributed by atoms with van der Waals surface area (Å²) in [4.78, 5) is 13.7. The van der Waals surface area contributed by atoms with Crippen molar-refractivity contribution in [3.8, 4) is 11.3 Å². The molecule has 2 aromatic heterocycles. The predicted octanol–water partition coefficient (Wildman–Crippen LogP) is 4.16. The fourth-order valence-corrected chi connectivity index (χ4v) is 3.57. The lowest BCUT2D eigenvalue weighted by Crippen LogP contribution is -2.13. The van der Waals surface area contributed by atoms with Crippen molar-refractivity contribution < 1.29 is 4.79 Å². The van der Waals surface area contributed by atoms with Gasteiger partial charge in [-0.25, -0.2) is 0 Å². The van der Waals surface area contributed by atoms with Gasteiger partial charge in [0.15, 0.2) is 5.65 Å². The zero-order valence-corrected chi connectivity index (χ0v) is 15.5. The van der Waals surface area contributed by atoms with Crippen molar-refractivity contribution in [3.63, 3.8) is 0 Å². The van der Waals surface area contributed by atoms with E-state index in [1.807, 2.05) is 60.7 Å². The van der Waals surface area contributed by atoms with Gasteiger partial charge in [0, 0.05) is 16.1 Å². The Labute approximate surface area is 160 Å². The van der Waals surface area contributed by atoms with Gasteiger partial charge >= 0.3 is 0 Å². The largest absolute Gasteiger partial charge is 0.322 e. The standard InChI is InChI=1S/C20H17N5OS/c1-2-27-18-9-4-3-8-16(18)20(26)22-15-7-5-6-14(12-15)17-10-11-19-23-21-13-25(19)24-17/h3-13H,2H2,1H3,(H,22,26). The molecule has 7 heteroatoms. The number of nitrogens with zero attached hydrogens (tertiary/aromatic N) is 4. The number of rotatable bonds is 5. The summed E-state index contributed by atoms with van der Waals surface area (Å²) < 4.78 is 1.62. The molecule has 0 aliphatic heterocycles. The highest BCUT2D eigenvalue weighted by molar-refractivity contribution is 7.99. The molecule has 0 saturated heterocycles. The van der Waals surface area contributed by atoms with Crippen molar-refractivity contribution in [2.45, 2.75) is 11.8 Å². The molecule has 0 unspecified atom stereocenters. The number of nitrogens with one attached hydrogen (secondary N) is 1. The minimum Gasteiger partial charge on any atom is -0.322 e. The van der Waals surface area contributed by atoms with Crippen LogP contribution in [-0.4, -0.2) is 31.5 Å². The first-order valence-corrected chi connectivity index (χ1v) is 9.54. The van der Waals surface area contributed by atoms with Crippen LogP contribution >= 0.6 is 11.8 Å². The Hall–Kier alpha value is -3.19. The summed E-state index contributed by atoms with van der Waals surface area (Å²) >= 11 is 1.66. The highest BCUT2D eigenvalue weighted by Gasteiger charge is 2.12. The number of thioether (sulfide) groups is 1. The van der Waals surface area contributed by atoms with Crippen LogP contribution in [0.25, 0.3) is 16.9 Å². The number of aromatic nitrogens is 4. The second kappa shape index (κ2) is 7.59. The minimum absolute atomic E-state index is 0.120. The van der Waals surface area contributed by atoms with Crippen molar-refractivity contribution in [1.29, 1.82) is 0 Å². The summed E-state index contributed by atoms with van der Waals surface area (Å²) in [5.74, 6) is 0.794. The summed E-state index contributed by atoms with van der Waals surface area (Å²) in [6, 6.07) is 19.0. The van der Waals surface area contributed by atoms with E-state index < -0.39 is 0 Å². The molecule has 0 atom stereocenters. The van der Waals surface area contributed by atoms with E-state index in [0.29, 0.717) is 11.2 Å². The molecule has 134 valence electrons. The lowest BCUT2D eigenvalue weighted by atomic mass is 10.1. The third-order valence-corrected chi connectivity index (χ3v) is 4.97. The molecule has 0 fully saturated rings. The molecule has 1 N–H and O–H groups in total. The third kappa shape index (κ3) is 3.68. The molecule has 0 aliphatic carbocycles. The molecule has 0 saturated carbocycles. The summed E-state index contributed by atoms with van der Waals surface area (Å²) in [5, 5.41) is 15.3. The molecule has 0 aliphatic rings. The van der Waals surface area contributed by atoms with Gasteiger partial charge in [0.05, 0.1) is 11.3 Å². The van der Waals surface area contributed by atoms with Gasteiger partial charge in [-0.15, -0.1) is 22.0 Å². The summed E-state index contributed by atoms with van der Waals surface area (Å²) in [7, 11) is 0. The molecular formula is C20H17N5OS. The Kier molecular flexibility index (Phi) is 4.84. The number of fused-ring (bicyclic) bond motifs is 1. The Balaban J connectivity index is 1.60. The molecule has 2 aromatic carbocycles. The van der Waals surface area contributed by atoms with Crippen LogP contribution in [-0.2, 0) is 0 Å². The first kappa shape index (κ1) is 17.2. The number of benzene rings is 2. The van der Waals surface area contributed by atoms with Crippen molar-refractivity contribution in [3.05, 3.63) is 72.6 Å². The van der Waals surface area contributed by atoms with Crippen molar-refractivity contribution in [2.75, 3.05) is 11.1 Å². The molecule has 4 aromatic rings. The Morgan fingerprint density at radius 2 is 2.00 bits per heavy atom. The number of carbonyl (C=O) groups excluding carboxylic acids is 1. The lowest BCUT2D eigenvalue weighted by Gasteiger charge is -2.10. The molecule has 0 bridgehead atoms. The minimum atomic E-state index is -0.120. The summed E-state index contributed by atoms with van der Waals surface area (Å²) in [6.45, 7) is 2.07. The highest BCUT2D eigenvalue weighted by atomic mass is 32.2. The van der Waals surface area contributed by atoms with Crippen LogP contribution in [0, 0.1) is 0 Å². The van der Waals surface area contributed by atoms with E-state index in [-0.39, 0.29) is 5.91 Å². The van der Waals surface area contributed by atoms with Gasteiger partial charge in [-0.3, -0.25) is 4.79 Å². The molecule has 27 heavy (non-hydrogen) atoms. The average Bonchev–Trinajstić information content (AvgIpc) is 3.16. The van der Waals surface area contributed by atoms with Crippen molar-refractivity contribution in [1.82, 2.24) is 19.8 Å². The smallest absolute Gasteiger partial charge is 0.256 e. The van der Waals surface area contributed by atoms with Crippen LogP contribution in [0.2, 0.25) is 0 Å². The van der Waals surface area contributed by atoms with Gasteiger partial charge in [-0.05, 0) is 42.2 Å². The first-order valence-electron chi connectivity index (χ1n) is 8.55. The monoisotopic (exact) mass is 375 g/mol. The topological polar surface area (TPSA) is 72.2 Å². The molecule has 2 heterocycles. The maximum absolute atomic E-state index is 12.7. The summed E-state index contributed by atoms with van der Waals surface area (Å²) in [6.07, 6.45) is 1.56. The van der Waals surface area contributed by atoms with Gasteiger partial charge in [-0.1, -0.05) is 31.2 Å². The van der Waals surface area contributed by atoms with E-state index >= 15 is 0 Å². The highest BCUT2D eigenvalue weighted by Crippen LogP contribution is 2.25. The average molecular weight is 375 g/mol. The number of anilines is 1. The Morgan fingerprint density at radius 3 is 2.89 bits per heavy atom. The third-order valence-electron chi connectivity index (χ3n) is 4.01. The van der Waals surface area contributed by atoms with Crippen LogP contribution < -0.4 is 5.32 Å². The first-order chi connectivity index (χ1) is 13.2. The Morgan fingerprint density at radius 1 is 1.11 bits per heavy atom. The summed E-state index contributed by atoms with van der Waals surface area (Å²) in [5.41, 5.74) is 3.77. The molecule has 0 spiro atoms. The second-order valence-corrected chi connectivity index (χ2v) is 7.12. The maximum atomic E-state index is 12.7. The van der Waals surface area contributed by atoms with Crippen LogP contribution in [0.5, 0.6) is 0 Å². The second-order valence-electron chi connectivity index (χ2n) is 5.82. The number of carbonyl (C=O) groups is 1. The molecule has 6 nitrogen and oxygen atoms in total. The van der Waals surface area contributed by atoms with Gasteiger partial charge in [-0.2, -0.15) is 9.61 Å². The number of hydrogen-bond acceptors (Lipinski definition) is 5. The van der Waals surface area contributed by atoms with E-state index in [0.717, 1.165) is 27.6 Å². The van der Waals surface area contributed by atoms with Gasteiger partial charge in [0.2, 0.25) is 0 Å². The fourth-order valence-electron chi connectivity index (χ4n) is 2.77. The number of hydrogen-bond donors (Lipinski definition) is 1. The van der Waals surface area contributed by atoms with Crippen molar-refractivity contribution in [2.24, 2.45) is 0 Å². The van der Waals surface area contributed by atoms with E-state index in [2.05, 4.69) is 27.5 Å². The van der Waals surface area contributed by atoms with Crippen LogP contribution in [0.4, 0.5) is 5.69 Å². The van der Waals surface area contributed by atoms with Crippen LogP contribution in [0.3, 0.4) is 0 Å². The molecule has 4 rings (SSSR count). The fraction of sp³-hybridized carbons (Fsp3) is 0.100. The predicted molar refractivity (Wildman–Crippen MR) is 107 cm³/mol. The zero-order chi connectivity index (χ0) is 18.6. The van der Waals surface area contributed by atoms with Crippen LogP contribution in [0.1, 0.15) is 17.3 Å². The molecule has 1 amide bonds. The van der Waals surface area contributed by atoms with Gasteiger partial charge < -0.3 is 5.32 Å².